The Morgan fingerprint density at radius 2 is 2.24 bits per heavy atom. The van der Waals surface area contributed by atoms with Crippen LogP contribution >= 0.6 is 0 Å². The third kappa shape index (κ3) is 2.76. The Hall–Kier alpha value is -2.02. The summed E-state index contributed by atoms with van der Waals surface area (Å²) in [6.07, 6.45) is 5.47. The van der Waals surface area contributed by atoms with Crippen LogP contribution in [0.2, 0.25) is 0 Å². The maximum absolute atomic E-state index is 12.8. The molecule has 17 heavy (non-hydrogen) atoms. The molecule has 3 nitrogen and oxygen atoms in total. The Morgan fingerprint density at radius 1 is 1.53 bits per heavy atom. The first-order chi connectivity index (χ1) is 8.19. The van der Waals surface area contributed by atoms with Gasteiger partial charge in [-0.15, -0.1) is 6.42 Å². The van der Waals surface area contributed by atoms with Crippen LogP contribution in [0.4, 0.5) is 4.39 Å². The van der Waals surface area contributed by atoms with Gasteiger partial charge in [-0.2, -0.15) is 0 Å². The largest absolute Gasteiger partial charge is 0.352 e. The van der Waals surface area contributed by atoms with E-state index in [4.69, 9.17) is 6.42 Å². The molecule has 88 valence electrons. The number of hydrogen-bond acceptors (Lipinski definition) is 3. The second-order valence-electron chi connectivity index (χ2n) is 4.03. The molecule has 0 aromatic heterocycles. The molecule has 1 aliphatic heterocycles. The quantitative estimate of drug-likeness (QED) is 0.756. The predicted molar refractivity (Wildman–Crippen MR) is 66.0 cm³/mol. The van der Waals surface area contributed by atoms with Gasteiger partial charge in [-0.1, -0.05) is 18.1 Å². The molecule has 2 unspecified atom stereocenters. The van der Waals surface area contributed by atoms with Crippen molar-refractivity contribution in [3.63, 3.8) is 0 Å². The summed E-state index contributed by atoms with van der Waals surface area (Å²) in [7, 11) is 0. The van der Waals surface area contributed by atoms with Gasteiger partial charge in [-0.05, 0) is 24.6 Å². The van der Waals surface area contributed by atoms with Gasteiger partial charge in [-0.3, -0.25) is 4.99 Å². The van der Waals surface area contributed by atoms with E-state index in [1.807, 2.05) is 6.92 Å². The zero-order valence-electron chi connectivity index (χ0n) is 9.57. The van der Waals surface area contributed by atoms with Crippen molar-refractivity contribution >= 4 is 5.96 Å². The number of benzene rings is 1. The van der Waals surface area contributed by atoms with Crippen molar-refractivity contribution in [1.82, 2.24) is 10.6 Å². The molecule has 0 bridgehead atoms. The molecule has 2 N–H and O–H groups in total. The fourth-order valence-electron chi connectivity index (χ4n) is 1.65. The highest BCUT2D eigenvalue weighted by molar-refractivity contribution is 5.82. The van der Waals surface area contributed by atoms with Gasteiger partial charge in [0.2, 0.25) is 0 Å². The summed E-state index contributed by atoms with van der Waals surface area (Å²) in [4.78, 5) is 4.27. The Labute approximate surface area is 100 Å². The van der Waals surface area contributed by atoms with Crippen LogP contribution in [-0.2, 0) is 0 Å². The molecule has 1 aromatic rings. The molecule has 0 saturated heterocycles. The minimum atomic E-state index is -0.299. The first kappa shape index (κ1) is 11.5. The molecule has 4 heteroatoms. The van der Waals surface area contributed by atoms with Gasteiger partial charge in [0.15, 0.2) is 5.96 Å². The number of nitrogens with one attached hydrogen (secondary N) is 2. The lowest BCUT2D eigenvalue weighted by Crippen LogP contribution is -2.39. The van der Waals surface area contributed by atoms with E-state index in [0.29, 0.717) is 12.0 Å². The van der Waals surface area contributed by atoms with E-state index < -0.39 is 0 Å². The van der Waals surface area contributed by atoms with Crippen LogP contribution in [0.5, 0.6) is 0 Å². The molecule has 0 saturated carbocycles. The first-order valence-corrected chi connectivity index (χ1v) is 5.48. The highest BCUT2D eigenvalue weighted by Gasteiger charge is 2.16. The van der Waals surface area contributed by atoms with Crippen LogP contribution in [0.25, 0.3) is 0 Å². The van der Waals surface area contributed by atoms with Gasteiger partial charge in [0.05, 0.1) is 6.54 Å². The Balaban J connectivity index is 2.07. The van der Waals surface area contributed by atoms with E-state index in [1.54, 1.807) is 12.1 Å². The maximum atomic E-state index is 12.8. The third-order valence-corrected chi connectivity index (χ3v) is 2.56. The molecule has 0 radical (unpaired) electrons. The van der Waals surface area contributed by atoms with Crippen molar-refractivity contribution in [3.8, 4) is 12.3 Å². The molecular formula is C13H14FN3. The smallest absolute Gasteiger partial charge is 0.192 e. The monoisotopic (exact) mass is 231 g/mol. The highest BCUT2D eigenvalue weighted by Crippen LogP contribution is 2.13. The van der Waals surface area contributed by atoms with Gasteiger partial charge in [0, 0.05) is 6.04 Å². The van der Waals surface area contributed by atoms with Crippen molar-refractivity contribution < 1.29 is 4.39 Å². The highest BCUT2D eigenvalue weighted by atomic mass is 19.1. The summed E-state index contributed by atoms with van der Waals surface area (Å²) < 4.78 is 12.8. The van der Waals surface area contributed by atoms with Gasteiger partial charge >= 0.3 is 0 Å². The van der Waals surface area contributed by atoms with Crippen molar-refractivity contribution in [2.45, 2.75) is 19.0 Å². The maximum Gasteiger partial charge on any atom is 0.192 e. The molecule has 1 aliphatic rings. The zero-order chi connectivity index (χ0) is 12.3. The second-order valence-corrected chi connectivity index (χ2v) is 4.03. The molecular weight excluding hydrogens is 217 g/mol. The van der Waals surface area contributed by atoms with Crippen LogP contribution in [0, 0.1) is 18.2 Å². The lowest BCUT2D eigenvalue weighted by atomic mass is 10.1. The predicted octanol–water partition coefficient (Wildman–Crippen LogP) is 1.44. The van der Waals surface area contributed by atoms with Gasteiger partial charge in [0.25, 0.3) is 0 Å². The van der Waals surface area contributed by atoms with Crippen molar-refractivity contribution in [2.24, 2.45) is 4.99 Å². The lowest BCUT2D eigenvalue weighted by molar-refractivity contribution is 0.626. The van der Waals surface area contributed by atoms with Crippen LogP contribution in [0.3, 0.4) is 0 Å². The average Bonchev–Trinajstić information content (AvgIpc) is 2.73. The number of aliphatic imine (C=N–C) groups is 1. The summed E-state index contributed by atoms with van der Waals surface area (Å²) >= 11 is 0. The zero-order valence-corrected chi connectivity index (χ0v) is 9.57. The Morgan fingerprint density at radius 3 is 2.76 bits per heavy atom. The van der Waals surface area contributed by atoms with Crippen LogP contribution in [0.1, 0.15) is 18.5 Å². The molecule has 0 aliphatic carbocycles. The van der Waals surface area contributed by atoms with Crippen LogP contribution in [0.15, 0.2) is 29.3 Å². The minimum absolute atomic E-state index is 0.269. The number of rotatable bonds is 2. The number of nitrogens with zero attached hydrogens (tertiary/aromatic N) is 1. The molecule has 2 rings (SSSR count). The fraction of sp³-hybridized carbons (Fsp3) is 0.308. The Kier molecular flexibility index (Phi) is 3.29. The average molecular weight is 231 g/mol. The normalized spacial score (nSPS) is 20.1. The van der Waals surface area contributed by atoms with Gasteiger partial charge in [0.1, 0.15) is 11.9 Å². The number of halogens is 1. The number of terminal acetylenes is 1. The molecule has 1 heterocycles. The molecule has 0 fully saturated rings. The molecule has 2 atom stereocenters. The summed E-state index contributed by atoms with van der Waals surface area (Å²) in [6, 6.07) is 6.16. The minimum Gasteiger partial charge on any atom is -0.352 e. The van der Waals surface area contributed by atoms with Crippen molar-refractivity contribution in [3.05, 3.63) is 35.6 Å². The lowest BCUT2D eigenvalue weighted by Gasteiger charge is -2.15. The summed E-state index contributed by atoms with van der Waals surface area (Å²) in [5.41, 5.74) is 0.845. The first-order valence-electron chi connectivity index (χ1n) is 5.48. The van der Waals surface area contributed by atoms with E-state index in [2.05, 4.69) is 21.5 Å². The van der Waals surface area contributed by atoms with Crippen molar-refractivity contribution in [2.75, 3.05) is 6.54 Å². The van der Waals surface area contributed by atoms with Crippen LogP contribution in [-0.4, -0.2) is 18.5 Å². The molecule has 0 amide bonds. The third-order valence-electron chi connectivity index (χ3n) is 2.56. The van der Waals surface area contributed by atoms with E-state index in [9.17, 15) is 4.39 Å². The second kappa shape index (κ2) is 4.88. The summed E-state index contributed by atoms with van der Waals surface area (Å²) in [5, 5.41) is 6.28. The van der Waals surface area contributed by atoms with Crippen molar-refractivity contribution in [1.29, 1.82) is 0 Å². The van der Waals surface area contributed by atoms with E-state index in [-0.39, 0.29) is 11.9 Å². The van der Waals surface area contributed by atoms with Gasteiger partial charge in [-0.25, -0.2) is 4.39 Å². The summed E-state index contributed by atoms with van der Waals surface area (Å²) in [6.45, 7) is 2.78. The van der Waals surface area contributed by atoms with E-state index in [0.717, 1.165) is 12.1 Å². The standard InChI is InChI=1S/C13H14FN3/c1-3-12(10-4-6-11(14)7-5-10)17-13-15-8-9(2)16-13/h1,4-7,9,12H,8H2,2H3,(H2,15,16,17). The topological polar surface area (TPSA) is 36.4 Å². The number of guanidine groups is 1. The van der Waals surface area contributed by atoms with E-state index >= 15 is 0 Å². The Bertz CT molecular complexity index is 459. The SMILES string of the molecule is C#CC(NC1=NCC(C)N1)c1ccc(F)cc1. The van der Waals surface area contributed by atoms with Gasteiger partial charge < -0.3 is 10.6 Å². The number of hydrogen-bond donors (Lipinski definition) is 2. The fourth-order valence-corrected chi connectivity index (χ4v) is 1.65. The molecule has 1 aromatic carbocycles. The van der Waals surface area contributed by atoms with E-state index in [1.165, 1.54) is 12.1 Å². The summed E-state index contributed by atoms with van der Waals surface area (Å²) in [5.74, 6) is 3.05. The molecule has 0 spiro atoms. The van der Waals surface area contributed by atoms with Crippen LogP contribution < -0.4 is 10.6 Å².